The van der Waals surface area contributed by atoms with Gasteiger partial charge >= 0.3 is 0 Å². The van der Waals surface area contributed by atoms with E-state index in [0.29, 0.717) is 0 Å². The van der Waals surface area contributed by atoms with Crippen molar-refractivity contribution in [1.82, 2.24) is 0 Å². The molecule has 0 aliphatic heterocycles. The molecule has 0 amide bonds. The van der Waals surface area contributed by atoms with E-state index in [9.17, 15) is 14.5 Å². The quantitative estimate of drug-likeness (QED) is 0.631. The first-order valence-electron chi connectivity index (χ1n) is 5.32. The second-order valence-electron chi connectivity index (χ2n) is 3.73. The highest BCUT2D eigenvalue weighted by atomic mass is 35.5. The van der Waals surface area contributed by atoms with Crippen LogP contribution in [0, 0.1) is 27.3 Å². The van der Waals surface area contributed by atoms with Crippen molar-refractivity contribution in [2.75, 3.05) is 0 Å². The predicted molar refractivity (Wildman–Crippen MR) is 69.3 cm³/mol. The molecule has 0 radical (unpaired) electrons. The van der Waals surface area contributed by atoms with Gasteiger partial charge in [-0.1, -0.05) is 11.6 Å². The molecule has 0 aromatic heterocycles. The van der Waals surface area contributed by atoms with E-state index in [1.807, 2.05) is 0 Å². The molecule has 7 heteroatoms. The SMILES string of the molecule is N#Cc1ccc(Oc2ccc([N+](=O)[O-])c(Cl)c2)c(F)c1. The summed E-state index contributed by atoms with van der Waals surface area (Å²) in [6, 6.07) is 9.21. The van der Waals surface area contributed by atoms with Gasteiger partial charge in [-0.25, -0.2) is 4.39 Å². The summed E-state index contributed by atoms with van der Waals surface area (Å²) in [6.45, 7) is 0. The first-order valence-corrected chi connectivity index (χ1v) is 5.70. The monoisotopic (exact) mass is 292 g/mol. The number of nitrogens with zero attached hydrogens (tertiary/aromatic N) is 2. The molecule has 5 nitrogen and oxygen atoms in total. The highest BCUT2D eigenvalue weighted by Crippen LogP contribution is 2.31. The smallest absolute Gasteiger partial charge is 0.288 e. The second-order valence-corrected chi connectivity index (χ2v) is 4.14. The summed E-state index contributed by atoms with van der Waals surface area (Å²) in [5, 5.41) is 19.1. The number of nitro groups is 1. The zero-order chi connectivity index (χ0) is 14.7. The number of hydrogen-bond donors (Lipinski definition) is 0. The van der Waals surface area contributed by atoms with Gasteiger partial charge < -0.3 is 4.74 Å². The summed E-state index contributed by atoms with van der Waals surface area (Å²) in [4.78, 5) is 9.98. The number of rotatable bonds is 3. The molecule has 0 aliphatic rings. The second kappa shape index (κ2) is 5.55. The van der Waals surface area contributed by atoms with Crippen LogP contribution in [0.1, 0.15) is 5.56 Å². The van der Waals surface area contributed by atoms with E-state index < -0.39 is 10.7 Å². The molecule has 2 aromatic rings. The summed E-state index contributed by atoms with van der Waals surface area (Å²) in [6.07, 6.45) is 0. The minimum atomic E-state index is -0.710. The van der Waals surface area contributed by atoms with Crippen molar-refractivity contribution in [3.8, 4) is 17.6 Å². The highest BCUT2D eigenvalue weighted by Gasteiger charge is 2.14. The molecule has 0 bridgehead atoms. The fraction of sp³-hybridized carbons (Fsp3) is 0. The Balaban J connectivity index is 2.29. The molecule has 0 spiro atoms. The molecular weight excluding hydrogens is 287 g/mol. The fourth-order valence-corrected chi connectivity index (χ4v) is 1.72. The van der Waals surface area contributed by atoms with Gasteiger partial charge in [0.2, 0.25) is 0 Å². The molecule has 0 N–H and O–H groups in total. The molecular formula is C13H6ClFN2O3. The number of nitro benzene ring substituents is 1. The van der Waals surface area contributed by atoms with Crippen LogP contribution in [0.4, 0.5) is 10.1 Å². The van der Waals surface area contributed by atoms with Crippen molar-refractivity contribution in [3.05, 3.63) is 62.9 Å². The van der Waals surface area contributed by atoms with Crippen LogP contribution in [0.25, 0.3) is 0 Å². The maximum absolute atomic E-state index is 13.6. The molecule has 0 unspecified atom stereocenters. The summed E-state index contributed by atoms with van der Waals surface area (Å²) >= 11 is 5.72. The van der Waals surface area contributed by atoms with Gasteiger partial charge in [0, 0.05) is 12.1 Å². The van der Waals surface area contributed by atoms with Gasteiger partial charge in [-0.2, -0.15) is 5.26 Å². The molecule has 2 rings (SSSR count). The maximum atomic E-state index is 13.6. The topological polar surface area (TPSA) is 76.2 Å². The number of hydrogen-bond acceptors (Lipinski definition) is 4. The Kier molecular flexibility index (Phi) is 3.82. The van der Waals surface area contributed by atoms with Crippen LogP contribution in [0.15, 0.2) is 36.4 Å². The third kappa shape index (κ3) is 2.84. The van der Waals surface area contributed by atoms with Gasteiger partial charge in [-0.05, 0) is 24.3 Å². The van der Waals surface area contributed by atoms with Crippen LogP contribution in [0.3, 0.4) is 0 Å². The molecule has 0 saturated carbocycles. The van der Waals surface area contributed by atoms with Gasteiger partial charge in [-0.3, -0.25) is 10.1 Å². The maximum Gasteiger partial charge on any atom is 0.288 e. The van der Waals surface area contributed by atoms with Crippen molar-refractivity contribution in [1.29, 1.82) is 5.26 Å². The summed E-state index contributed by atoms with van der Waals surface area (Å²) in [7, 11) is 0. The molecule has 0 saturated heterocycles. The first kappa shape index (κ1) is 13.8. The normalized spacial score (nSPS) is 9.85. The van der Waals surface area contributed by atoms with E-state index >= 15 is 0 Å². The van der Waals surface area contributed by atoms with Gasteiger partial charge in [0.25, 0.3) is 5.69 Å². The Bertz CT molecular complexity index is 728. The Morgan fingerprint density at radius 3 is 2.60 bits per heavy atom. The van der Waals surface area contributed by atoms with Crippen LogP contribution >= 0.6 is 11.6 Å². The van der Waals surface area contributed by atoms with Crippen LogP contribution in [0.2, 0.25) is 5.02 Å². The lowest BCUT2D eigenvalue weighted by Crippen LogP contribution is -1.92. The summed E-state index contributed by atoms with van der Waals surface area (Å²) in [5.41, 5.74) is -0.101. The molecule has 0 atom stereocenters. The zero-order valence-corrected chi connectivity index (χ0v) is 10.6. The van der Waals surface area contributed by atoms with E-state index in [1.54, 1.807) is 6.07 Å². The highest BCUT2D eigenvalue weighted by molar-refractivity contribution is 6.32. The molecule has 2 aromatic carbocycles. The summed E-state index contributed by atoms with van der Waals surface area (Å²) in [5.74, 6) is -0.656. The van der Waals surface area contributed by atoms with Crippen molar-refractivity contribution in [2.24, 2.45) is 0 Å². The van der Waals surface area contributed by atoms with E-state index in [2.05, 4.69) is 0 Å². The van der Waals surface area contributed by atoms with Crippen LogP contribution < -0.4 is 4.74 Å². The van der Waals surface area contributed by atoms with Crippen LogP contribution in [-0.4, -0.2) is 4.92 Å². The first-order chi connectivity index (χ1) is 9.51. The minimum absolute atomic E-state index is 0.103. The number of ether oxygens (including phenoxy) is 1. The Labute approximate surface area is 117 Å². The van der Waals surface area contributed by atoms with Gasteiger partial charge in [0.1, 0.15) is 10.8 Å². The van der Waals surface area contributed by atoms with E-state index in [-0.39, 0.29) is 27.8 Å². The van der Waals surface area contributed by atoms with Gasteiger partial charge in [0.05, 0.1) is 16.6 Å². The van der Waals surface area contributed by atoms with Gasteiger partial charge in [-0.15, -0.1) is 0 Å². The third-order valence-corrected chi connectivity index (χ3v) is 2.71. The number of nitriles is 1. The zero-order valence-electron chi connectivity index (χ0n) is 9.84. The minimum Gasteiger partial charge on any atom is -0.454 e. The Hall–Kier alpha value is -2.65. The van der Waals surface area contributed by atoms with E-state index in [0.717, 1.165) is 6.07 Å². The molecule has 0 heterocycles. The predicted octanol–water partition coefficient (Wildman–Crippen LogP) is 4.05. The molecule has 0 aliphatic carbocycles. The lowest BCUT2D eigenvalue weighted by Gasteiger charge is -2.07. The van der Waals surface area contributed by atoms with E-state index in [1.165, 1.54) is 30.3 Å². The summed E-state index contributed by atoms with van der Waals surface area (Å²) < 4.78 is 18.8. The lowest BCUT2D eigenvalue weighted by molar-refractivity contribution is -0.384. The van der Waals surface area contributed by atoms with Crippen molar-refractivity contribution >= 4 is 17.3 Å². The number of halogens is 2. The Morgan fingerprint density at radius 1 is 1.30 bits per heavy atom. The Morgan fingerprint density at radius 2 is 2.05 bits per heavy atom. The lowest BCUT2D eigenvalue weighted by atomic mass is 10.2. The van der Waals surface area contributed by atoms with Gasteiger partial charge in [0.15, 0.2) is 11.6 Å². The molecule has 100 valence electrons. The van der Waals surface area contributed by atoms with Crippen molar-refractivity contribution < 1.29 is 14.1 Å². The van der Waals surface area contributed by atoms with Crippen LogP contribution in [-0.2, 0) is 0 Å². The van der Waals surface area contributed by atoms with Crippen molar-refractivity contribution in [3.63, 3.8) is 0 Å². The average Bonchev–Trinajstić information content (AvgIpc) is 2.40. The van der Waals surface area contributed by atoms with Crippen molar-refractivity contribution in [2.45, 2.75) is 0 Å². The third-order valence-electron chi connectivity index (χ3n) is 2.40. The molecule has 0 fully saturated rings. The standard InChI is InChI=1S/C13H6ClFN2O3/c14-10-6-9(2-3-12(10)17(18)19)20-13-4-1-8(7-16)5-11(13)15/h1-6H. The average molecular weight is 293 g/mol. The largest absolute Gasteiger partial charge is 0.454 e. The molecule has 20 heavy (non-hydrogen) atoms. The van der Waals surface area contributed by atoms with Crippen LogP contribution in [0.5, 0.6) is 11.5 Å². The number of benzene rings is 2. The fourth-order valence-electron chi connectivity index (χ4n) is 1.48. The van der Waals surface area contributed by atoms with E-state index in [4.69, 9.17) is 21.6 Å².